The van der Waals surface area contributed by atoms with Gasteiger partial charge in [0.05, 0.1) is 6.54 Å². The highest BCUT2D eigenvalue weighted by molar-refractivity contribution is 5.97. The Balaban J connectivity index is 1.42. The lowest BCUT2D eigenvalue weighted by Gasteiger charge is -2.23. The maximum atomic E-state index is 12.7. The molecule has 0 radical (unpaired) electrons. The van der Waals surface area contributed by atoms with Crippen molar-refractivity contribution >= 4 is 22.8 Å². The van der Waals surface area contributed by atoms with Gasteiger partial charge >= 0.3 is 0 Å². The molecule has 1 atom stereocenters. The standard InChI is InChI=1S/C21H20N2O3/c24-20(22-14-17-13-16-9-4-5-11-19(16)26-17)18-10-6-12-23(18)21(25)15-7-2-1-3-8-15/h1-5,7-9,11,13,18H,6,10,12,14H2,(H,22,24). The number of carbonyl (C=O) groups is 2. The minimum atomic E-state index is -0.424. The highest BCUT2D eigenvalue weighted by Gasteiger charge is 2.34. The Morgan fingerprint density at radius 3 is 2.65 bits per heavy atom. The van der Waals surface area contributed by atoms with E-state index in [1.54, 1.807) is 17.0 Å². The van der Waals surface area contributed by atoms with Crippen LogP contribution in [0.4, 0.5) is 0 Å². The van der Waals surface area contributed by atoms with E-state index in [2.05, 4.69) is 5.32 Å². The molecule has 26 heavy (non-hydrogen) atoms. The molecule has 5 heteroatoms. The highest BCUT2D eigenvalue weighted by Crippen LogP contribution is 2.21. The van der Waals surface area contributed by atoms with E-state index >= 15 is 0 Å². The quantitative estimate of drug-likeness (QED) is 0.786. The van der Waals surface area contributed by atoms with Gasteiger partial charge in [-0.1, -0.05) is 36.4 Å². The first kappa shape index (κ1) is 16.4. The molecule has 0 spiro atoms. The van der Waals surface area contributed by atoms with Crippen LogP contribution in [0.25, 0.3) is 11.0 Å². The molecule has 132 valence electrons. The zero-order valence-electron chi connectivity index (χ0n) is 14.4. The molecule has 5 nitrogen and oxygen atoms in total. The second-order valence-corrected chi connectivity index (χ2v) is 6.49. The zero-order chi connectivity index (χ0) is 17.9. The van der Waals surface area contributed by atoms with Crippen molar-refractivity contribution in [2.24, 2.45) is 0 Å². The number of rotatable bonds is 4. The first-order chi connectivity index (χ1) is 12.7. The van der Waals surface area contributed by atoms with E-state index in [0.717, 1.165) is 17.4 Å². The van der Waals surface area contributed by atoms with Crippen molar-refractivity contribution < 1.29 is 14.0 Å². The Morgan fingerprint density at radius 2 is 1.85 bits per heavy atom. The molecule has 1 aromatic heterocycles. The van der Waals surface area contributed by atoms with Crippen molar-refractivity contribution in [1.29, 1.82) is 0 Å². The van der Waals surface area contributed by atoms with E-state index in [0.29, 0.717) is 30.8 Å². The van der Waals surface area contributed by atoms with Gasteiger partial charge in [-0.25, -0.2) is 0 Å². The van der Waals surface area contributed by atoms with Crippen molar-refractivity contribution in [3.63, 3.8) is 0 Å². The number of hydrogen-bond donors (Lipinski definition) is 1. The van der Waals surface area contributed by atoms with Crippen LogP contribution in [-0.2, 0) is 11.3 Å². The van der Waals surface area contributed by atoms with Crippen LogP contribution in [0.5, 0.6) is 0 Å². The number of nitrogens with one attached hydrogen (secondary N) is 1. The molecule has 0 saturated carbocycles. The summed E-state index contributed by atoms with van der Waals surface area (Å²) >= 11 is 0. The SMILES string of the molecule is O=C(NCc1cc2ccccc2o1)C1CCCN1C(=O)c1ccccc1. The molecule has 2 amide bonds. The molecule has 2 aromatic carbocycles. The van der Waals surface area contributed by atoms with Gasteiger partial charge in [-0.2, -0.15) is 0 Å². The number of para-hydroxylation sites is 1. The fraction of sp³-hybridized carbons (Fsp3) is 0.238. The predicted molar refractivity (Wildman–Crippen MR) is 98.6 cm³/mol. The van der Waals surface area contributed by atoms with Crippen LogP contribution < -0.4 is 5.32 Å². The maximum Gasteiger partial charge on any atom is 0.254 e. The third kappa shape index (κ3) is 3.20. The molecule has 1 unspecified atom stereocenters. The van der Waals surface area contributed by atoms with Crippen molar-refractivity contribution in [3.05, 3.63) is 72.0 Å². The molecular formula is C21H20N2O3. The molecule has 3 aromatic rings. The Kier molecular flexibility index (Phi) is 4.44. The van der Waals surface area contributed by atoms with Gasteiger partial charge in [-0.15, -0.1) is 0 Å². The van der Waals surface area contributed by atoms with Crippen LogP contribution in [0.1, 0.15) is 29.0 Å². The largest absolute Gasteiger partial charge is 0.459 e. The summed E-state index contributed by atoms with van der Waals surface area (Å²) in [5.74, 6) is 0.484. The number of likely N-dealkylation sites (tertiary alicyclic amines) is 1. The average Bonchev–Trinajstić information content (AvgIpc) is 3.33. The number of amides is 2. The number of nitrogens with zero attached hydrogens (tertiary/aromatic N) is 1. The molecule has 0 aliphatic carbocycles. The van der Waals surface area contributed by atoms with Crippen molar-refractivity contribution in [1.82, 2.24) is 10.2 Å². The third-order valence-electron chi connectivity index (χ3n) is 4.75. The van der Waals surface area contributed by atoms with E-state index in [4.69, 9.17) is 4.42 Å². The van der Waals surface area contributed by atoms with Crippen molar-refractivity contribution in [3.8, 4) is 0 Å². The number of benzene rings is 2. The fourth-order valence-corrected chi connectivity index (χ4v) is 3.44. The average molecular weight is 348 g/mol. The molecule has 0 bridgehead atoms. The Labute approximate surface area is 151 Å². The first-order valence-corrected chi connectivity index (χ1v) is 8.83. The first-order valence-electron chi connectivity index (χ1n) is 8.83. The van der Waals surface area contributed by atoms with Crippen LogP contribution in [-0.4, -0.2) is 29.3 Å². The molecular weight excluding hydrogens is 328 g/mol. The second kappa shape index (κ2) is 7.04. The normalized spacial score (nSPS) is 16.8. The van der Waals surface area contributed by atoms with Crippen molar-refractivity contribution in [2.75, 3.05) is 6.54 Å². The summed E-state index contributed by atoms with van der Waals surface area (Å²) in [6.07, 6.45) is 1.52. The summed E-state index contributed by atoms with van der Waals surface area (Å²) in [5.41, 5.74) is 1.42. The minimum Gasteiger partial charge on any atom is -0.459 e. The van der Waals surface area contributed by atoms with Gasteiger partial charge in [0.15, 0.2) is 0 Å². The monoisotopic (exact) mass is 348 g/mol. The van der Waals surface area contributed by atoms with E-state index in [9.17, 15) is 9.59 Å². The molecule has 1 fully saturated rings. The summed E-state index contributed by atoms with van der Waals surface area (Å²) in [7, 11) is 0. The summed E-state index contributed by atoms with van der Waals surface area (Å²) in [4.78, 5) is 27.0. The van der Waals surface area contributed by atoms with Gasteiger partial charge in [0.1, 0.15) is 17.4 Å². The van der Waals surface area contributed by atoms with Gasteiger partial charge < -0.3 is 14.6 Å². The van der Waals surface area contributed by atoms with E-state index in [1.807, 2.05) is 48.5 Å². The van der Waals surface area contributed by atoms with Crippen LogP contribution in [0, 0.1) is 0 Å². The summed E-state index contributed by atoms with van der Waals surface area (Å²) in [6, 6.07) is 18.3. The van der Waals surface area contributed by atoms with E-state index < -0.39 is 6.04 Å². The molecule has 1 saturated heterocycles. The summed E-state index contributed by atoms with van der Waals surface area (Å²) in [5, 5.41) is 3.92. The lowest BCUT2D eigenvalue weighted by Crippen LogP contribution is -2.45. The molecule has 1 aliphatic heterocycles. The number of fused-ring (bicyclic) bond motifs is 1. The molecule has 1 N–H and O–H groups in total. The van der Waals surface area contributed by atoms with Gasteiger partial charge in [0, 0.05) is 17.5 Å². The maximum absolute atomic E-state index is 12.7. The van der Waals surface area contributed by atoms with E-state index in [1.165, 1.54) is 0 Å². The summed E-state index contributed by atoms with van der Waals surface area (Å²) in [6.45, 7) is 0.924. The third-order valence-corrected chi connectivity index (χ3v) is 4.75. The summed E-state index contributed by atoms with van der Waals surface area (Å²) < 4.78 is 5.73. The van der Waals surface area contributed by atoms with Gasteiger partial charge in [0.25, 0.3) is 5.91 Å². The van der Waals surface area contributed by atoms with Crippen LogP contribution in [0.2, 0.25) is 0 Å². The van der Waals surface area contributed by atoms with Crippen molar-refractivity contribution in [2.45, 2.75) is 25.4 Å². The highest BCUT2D eigenvalue weighted by atomic mass is 16.3. The number of carbonyl (C=O) groups excluding carboxylic acids is 2. The Hall–Kier alpha value is -3.08. The molecule has 2 heterocycles. The van der Waals surface area contributed by atoms with Gasteiger partial charge in [-0.05, 0) is 37.1 Å². The Bertz CT molecular complexity index is 900. The number of furan rings is 1. The van der Waals surface area contributed by atoms with Crippen LogP contribution in [0.3, 0.4) is 0 Å². The second-order valence-electron chi connectivity index (χ2n) is 6.49. The fourth-order valence-electron chi connectivity index (χ4n) is 3.44. The minimum absolute atomic E-state index is 0.0908. The van der Waals surface area contributed by atoms with Gasteiger partial charge in [-0.3, -0.25) is 9.59 Å². The smallest absolute Gasteiger partial charge is 0.254 e. The Morgan fingerprint density at radius 1 is 1.08 bits per heavy atom. The number of hydrogen-bond acceptors (Lipinski definition) is 3. The lowest BCUT2D eigenvalue weighted by molar-refractivity contribution is -0.125. The predicted octanol–water partition coefficient (Wildman–Crippen LogP) is 3.35. The topological polar surface area (TPSA) is 62.6 Å². The van der Waals surface area contributed by atoms with Crippen LogP contribution in [0.15, 0.2) is 65.1 Å². The zero-order valence-corrected chi connectivity index (χ0v) is 14.4. The van der Waals surface area contributed by atoms with Crippen LogP contribution >= 0.6 is 0 Å². The molecule has 1 aliphatic rings. The molecule has 4 rings (SSSR count). The van der Waals surface area contributed by atoms with Gasteiger partial charge in [0.2, 0.25) is 5.91 Å². The lowest BCUT2D eigenvalue weighted by atomic mass is 10.1. The van der Waals surface area contributed by atoms with E-state index in [-0.39, 0.29) is 11.8 Å².